The van der Waals surface area contributed by atoms with Gasteiger partial charge in [-0.05, 0) is 25.0 Å². The summed E-state index contributed by atoms with van der Waals surface area (Å²) in [5.74, 6) is -0.829. The van der Waals surface area contributed by atoms with E-state index in [-0.39, 0.29) is 42.1 Å². The van der Waals surface area contributed by atoms with Gasteiger partial charge in [0.25, 0.3) is 5.91 Å². The molecule has 0 spiro atoms. The van der Waals surface area contributed by atoms with Crippen LogP contribution in [0, 0.1) is 5.92 Å². The number of rotatable bonds is 7. The third-order valence-corrected chi connectivity index (χ3v) is 6.88. The molecule has 5 rings (SSSR count). The van der Waals surface area contributed by atoms with Crippen molar-refractivity contribution in [1.82, 2.24) is 25.4 Å². The highest BCUT2D eigenvalue weighted by molar-refractivity contribution is 7.15. The van der Waals surface area contributed by atoms with E-state index in [1.54, 1.807) is 18.2 Å². The summed E-state index contributed by atoms with van der Waals surface area (Å²) in [6.07, 6.45) is 0.548. The van der Waals surface area contributed by atoms with Crippen LogP contribution in [0.4, 0.5) is 22.0 Å². The van der Waals surface area contributed by atoms with Crippen LogP contribution in [0.2, 0.25) is 0 Å². The van der Waals surface area contributed by atoms with Gasteiger partial charge >= 0.3 is 6.09 Å². The molecule has 2 aliphatic rings. The Bertz CT molecular complexity index is 1450. The molecule has 4 N–H and O–H groups in total. The predicted octanol–water partition coefficient (Wildman–Crippen LogP) is 3.05. The van der Waals surface area contributed by atoms with E-state index in [2.05, 4.69) is 25.8 Å². The van der Waals surface area contributed by atoms with Crippen LogP contribution in [0.1, 0.15) is 38.0 Å². The summed E-state index contributed by atoms with van der Waals surface area (Å²) < 4.78 is 27.8. The average Bonchev–Trinajstić information content (AvgIpc) is 3.52. The lowest BCUT2D eigenvalue weighted by Gasteiger charge is -2.16. The minimum Gasteiger partial charge on any atom is -0.494 e. The first-order valence-corrected chi connectivity index (χ1v) is 11.8. The molecule has 3 amide bonds. The molecule has 1 aromatic carbocycles. The van der Waals surface area contributed by atoms with Crippen molar-refractivity contribution in [2.24, 2.45) is 5.92 Å². The number of hydrogen-bond donors (Lipinski definition) is 4. The summed E-state index contributed by atoms with van der Waals surface area (Å²) in [4.78, 5) is 43.0. The van der Waals surface area contributed by atoms with Crippen molar-refractivity contribution >= 4 is 46.4 Å². The quantitative estimate of drug-likeness (QED) is 0.373. The molecule has 1 aliphatic carbocycles. The van der Waals surface area contributed by atoms with Crippen molar-refractivity contribution in [3.8, 4) is 16.3 Å². The first-order chi connectivity index (χ1) is 18.5. The Morgan fingerprint density at radius 3 is 2.75 bits per heavy atom. The standard InChI is InChI=1S/C23H23N7O5S/c1-24-21(32)18-14(8-17(28-29-18)27-20(31)11-6-7-11)25-13-5-3-4-12(19(13)35-2)22-26-15-9-30(23(33)34)10-16(15)36-22/h3-5,8,11H,6-7,9-10H2,1-2H3,(H,24,32)(H,33,34)(H2,25,27,28,31)/i1D3. The first-order valence-electron chi connectivity index (χ1n) is 12.4. The zero-order valence-electron chi connectivity index (χ0n) is 22.0. The second-order valence-corrected chi connectivity index (χ2v) is 9.33. The van der Waals surface area contributed by atoms with Crippen LogP contribution in [0.3, 0.4) is 0 Å². The van der Waals surface area contributed by atoms with Crippen LogP contribution in [0.15, 0.2) is 24.3 Å². The van der Waals surface area contributed by atoms with Crippen molar-refractivity contribution in [1.29, 1.82) is 0 Å². The van der Waals surface area contributed by atoms with E-state index in [9.17, 15) is 19.5 Å². The first kappa shape index (κ1) is 20.0. The van der Waals surface area contributed by atoms with Gasteiger partial charge in [0.15, 0.2) is 17.3 Å². The molecule has 36 heavy (non-hydrogen) atoms. The molecular weight excluding hydrogens is 486 g/mol. The van der Waals surface area contributed by atoms with E-state index in [1.165, 1.54) is 29.4 Å². The number of anilines is 3. The molecule has 0 unspecified atom stereocenters. The maximum atomic E-state index is 12.7. The Morgan fingerprint density at radius 1 is 1.22 bits per heavy atom. The normalized spacial score (nSPS) is 15.8. The van der Waals surface area contributed by atoms with Crippen LogP contribution in [0.25, 0.3) is 10.6 Å². The molecular formula is C23H23N7O5S. The largest absolute Gasteiger partial charge is 0.494 e. The molecule has 1 fully saturated rings. The van der Waals surface area contributed by atoms with Gasteiger partial charge in [-0.3, -0.25) is 14.5 Å². The number of nitrogens with one attached hydrogen (secondary N) is 3. The SMILES string of the molecule is [2H]C([2H])([2H])NC(=O)c1nnc(NC(=O)C2CC2)cc1Nc1cccc(-c2nc3c(s2)CN(C(=O)O)C3)c1OC. The van der Waals surface area contributed by atoms with E-state index in [1.807, 2.05) is 5.32 Å². The van der Waals surface area contributed by atoms with E-state index in [0.29, 0.717) is 27.7 Å². The average molecular weight is 513 g/mol. The zero-order valence-corrected chi connectivity index (χ0v) is 19.8. The number of carbonyl (C=O) groups excluding carboxylic acids is 2. The van der Waals surface area contributed by atoms with Crippen molar-refractivity contribution in [3.05, 3.63) is 40.5 Å². The number of aromatic nitrogens is 3. The van der Waals surface area contributed by atoms with Crippen LogP contribution >= 0.6 is 11.3 Å². The molecule has 1 saturated carbocycles. The molecule has 186 valence electrons. The fourth-order valence-electron chi connectivity index (χ4n) is 3.81. The van der Waals surface area contributed by atoms with Crippen LogP contribution < -0.4 is 20.7 Å². The number of benzene rings is 1. The van der Waals surface area contributed by atoms with E-state index >= 15 is 0 Å². The second-order valence-electron chi connectivity index (χ2n) is 8.25. The number of fused-ring (bicyclic) bond motifs is 1. The summed E-state index contributed by atoms with van der Waals surface area (Å²) in [7, 11) is 1.46. The highest BCUT2D eigenvalue weighted by Crippen LogP contribution is 2.42. The lowest BCUT2D eigenvalue weighted by Crippen LogP contribution is -2.23. The molecule has 0 bridgehead atoms. The number of nitrogens with zero attached hydrogens (tertiary/aromatic N) is 4. The molecule has 3 heterocycles. The van der Waals surface area contributed by atoms with Gasteiger partial charge < -0.3 is 25.8 Å². The number of amides is 3. The fraction of sp³-hybridized carbons (Fsp3) is 0.304. The summed E-state index contributed by atoms with van der Waals surface area (Å²) in [5.41, 5.74) is 1.50. The number of carboxylic acid groups (broad SMARTS) is 1. The Labute approximate surface area is 213 Å². The van der Waals surface area contributed by atoms with E-state index in [0.717, 1.165) is 17.7 Å². The minimum absolute atomic E-state index is 0.0898. The van der Waals surface area contributed by atoms with Gasteiger partial charge in [-0.1, -0.05) is 6.07 Å². The summed E-state index contributed by atoms with van der Waals surface area (Å²) in [6.45, 7) is -2.31. The van der Waals surface area contributed by atoms with E-state index in [4.69, 9.17) is 8.85 Å². The number of ether oxygens (including phenoxy) is 1. The van der Waals surface area contributed by atoms with Crippen molar-refractivity contribution in [2.45, 2.75) is 25.9 Å². The van der Waals surface area contributed by atoms with Gasteiger partial charge in [-0.15, -0.1) is 21.5 Å². The number of hydrogen-bond acceptors (Lipinski definition) is 9. The number of thiazole rings is 1. The lowest BCUT2D eigenvalue weighted by atomic mass is 10.1. The molecule has 0 radical (unpaired) electrons. The molecule has 0 saturated heterocycles. The summed E-state index contributed by atoms with van der Waals surface area (Å²) >= 11 is 1.35. The van der Waals surface area contributed by atoms with Crippen molar-refractivity contribution < 1.29 is 28.3 Å². The highest BCUT2D eigenvalue weighted by atomic mass is 32.1. The number of para-hydroxylation sites is 1. The summed E-state index contributed by atoms with van der Waals surface area (Å²) in [6, 6.07) is 6.61. The minimum atomic E-state index is -2.76. The van der Waals surface area contributed by atoms with Crippen molar-refractivity contribution in [3.63, 3.8) is 0 Å². The molecule has 13 heteroatoms. The highest BCUT2D eigenvalue weighted by Gasteiger charge is 2.31. The number of methoxy groups -OCH3 is 1. The second kappa shape index (κ2) is 9.41. The monoisotopic (exact) mass is 512 g/mol. The molecule has 3 aromatic rings. The Morgan fingerprint density at radius 2 is 2.06 bits per heavy atom. The van der Waals surface area contributed by atoms with Crippen LogP contribution in [-0.4, -0.2) is 57.2 Å². The Balaban J connectivity index is 1.48. The molecule has 12 nitrogen and oxygen atoms in total. The molecule has 1 aliphatic heterocycles. The maximum absolute atomic E-state index is 12.7. The third-order valence-electron chi connectivity index (χ3n) is 5.76. The van der Waals surface area contributed by atoms with Gasteiger partial charge in [-0.2, -0.15) is 0 Å². The smallest absolute Gasteiger partial charge is 0.407 e. The Kier molecular flexibility index (Phi) is 5.23. The predicted molar refractivity (Wildman–Crippen MR) is 131 cm³/mol. The Hall–Kier alpha value is -4.26. The maximum Gasteiger partial charge on any atom is 0.407 e. The van der Waals surface area contributed by atoms with Crippen LogP contribution in [0.5, 0.6) is 5.75 Å². The van der Waals surface area contributed by atoms with Gasteiger partial charge in [-0.25, -0.2) is 9.78 Å². The van der Waals surface area contributed by atoms with Gasteiger partial charge in [0.05, 0.1) is 42.8 Å². The third kappa shape index (κ3) is 4.52. The van der Waals surface area contributed by atoms with Gasteiger partial charge in [0.1, 0.15) is 5.01 Å². The molecule has 2 aromatic heterocycles. The van der Waals surface area contributed by atoms with Crippen molar-refractivity contribution in [2.75, 3.05) is 24.7 Å². The number of carbonyl (C=O) groups is 3. The van der Waals surface area contributed by atoms with Gasteiger partial charge in [0, 0.05) is 27.9 Å². The van der Waals surface area contributed by atoms with E-state index < -0.39 is 19.0 Å². The molecule has 0 atom stereocenters. The lowest BCUT2D eigenvalue weighted by molar-refractivity contribution is -0.117. The topological polar surface area (TPSA) is 159 Å². The zero-order chi connectivity index (χ0) is 27.9. The van der Waals surface area contributed by atoms with Gasteiger partial charge in [0.2, 0.25) is 5.91 Å². The summed E-state index contributed by atoms with van der Waals surface area (Å²) in [5, 5.41) is 25.3. The fourth-order valence-corrected chi connectivity index (χ4v) is 4.92. The van der Waals surface area contributed by atoms with Crippen LogP contribution in [-0.2, 0) is 17.9 Å².